The van der Waals surface area contributed by atoms with Crippen LogP contribution >= 0.6 is 0 Å². The van der Waals surface area contributed by atoms with Crippen molar-refractivity contribution in [1.82, 2.24) is 25.4 Å². The van der Waals surface area contributed by atoms with Gasteiger partial charge in [-0.1, -0.05) is 12.8 Å². The molecule has 9 heteroatoms. The number of nitrogens with zero attached hydrogens (tertiary/aromatic N) is 3. The minimum Gasteiger partial charge on any atom is -0.326 e. The van der Waals surface area contributed by atoms with Gasteiger partial charge in [0.25, 0.3) is 5.91 Å². The van der Waals surface area contributed by atoms with Crippen molar-refractivity contribution in [3.8, 4) is 11.4 Å². The quantitative estimate of drug-likeness (QED) is 0.635. The fourth-order valence-electron chi connectivity index (χ4n) is 4.28. The first kappa shape index (κ1) is 18.8. The van der Waals surface area contributed by atoms with Crippen LogP contribution in [0.3, 0.4) is 0 Å². The van der Waals surface area contributed by atoms with Crippen LogP contribution in [0.25, 0.3) is 11.4 Å². The van der Waals surface area contributed by atoms with Crippen LogP contribution in [0.1, 0.15) is 56.7 Å². The van der Waals surface area contributed by atoms with Crippen molar-refractivity contribution in [1.29, 1.82) is 0 Å². The number of aromatic amines is 1. The van der Waals surface area contributed by atoms with Gasteiger partial charge in [0.15, 0.2) is 5.82 Å². The van der Waals surface area contributed by atoms with Crippen molar-refractivity contribution >= 4 is 23.5 Å². The highest BCUT2D eigenvalue weighted by molar-refractivity contribution is 6.07. The highest BCUT2D eigenvalue weighted by atomic mass is 16.2. The first-order valence-electron chi connectivity index (χ1n) is 10.5. The molecule has 4 amide bonds. The number of rotatable bonds is 6. The van der Waals surface area contributed by atoms with Crippen molar-refractivity contribution in [2.75, 3.05) is 11.9 Å². The fraction of sp³-hybridized carbons (Fsp3) is 0.476. The summed E-state index contributed by atoms with van der Waals surface area (Å²) in [6.45, 7) is 0.0808. The van der Waals surface area contributed by atoms with Crippen molar-refractivity contribution in [2.24, 2.45) is 0 Å². The van der Waals surface area contributed by atoms with Crippen molar-refractivity contribution in [2.45, 2.75) is 56.4 Å². The summed E-state index contributed by atoms with van der Waals surface area (Å²) in [5, 5.41) is 12.9. The molecule has 0 bridgehead atoms. The molecule has 1 spiro atoms. The number of nitrogens with one attached hydrogen (secondary N) is 3. The Hall–Kier alpha value is -3.23. The van der Waals surface area contributed by atoms with Crippen molar-refractivity contribution in [3.05, 3.63) is 30.1 Å². The number of urea groups is 1. The summed E-state index contributed by atoms with van der Waals surface area (Å²) in [6, 6.07) is 6.91. The SMILES string of the molecule is O=C(CCN1C(=O)NC2(CCCC2)C1=O)Nc1ccc(-c2n[nH]c(C3CC3)n2)cc1. The Bertz CT molecular complexity index is 988. The third-order valence-electron chi connectivity index (χ3n) is 6.16. The molecule has 2 heterocycles. The maximum absolute atomic E-state index is 12.6. The zero-order valence-corrected chi connectivity index (χ0v) is 16.6. The van der Waals surface area contributed by atoms with Crippen LogP contribution in [-0.4, -0.2) is 50.0 Å². The average Bonchev–Trinajstić information content (AvgIpc) is 3.19. The Balaban J connectivity index is 1.16. The Morgan fingerprint density at radius 3 is 2.60 bits per heavy atom. The van der Waals surface area contributed by atoms with Gasteiger partial charge in [-0.2, -0.15) is 5.10 Å². The summed E-state index contributed by atoms with van der Waals surface area (Å²) in [5.74, 6) is 1.65. The second-order valence-corrected chi connectivity index (χ2v) is 8.37. The Morgan fingerprint density at radius 1 is 1.17 bits per heavy atom. The van der Waals surface area contributed by atoms with E-state index in [9.17, 15) is 14.4 Å². The summed E-state index contributed by atoms with van der Waals surface area (Å²) >= 11 is 0. The zero-order chi connectivity index (χ0) is 20.7. The molecule has 3 fully saturated rings. The van der Waals surface area contributed by atoms with Gasteiger partial charge in [0.05, 0.1) is 0 Å². The van der Waals surface area contributed by atoms with Gasteiger partial charge in [-0.15, -0.1) is 0 Å². The maximum Gasteiger partial charge on any atom is 0.325 e. The number of amides is 4. The summed E-state index contributed by atoms with van der Waals surface area (Å²) in [6.07, 6.45) is 5.61. The number of hydrogen-bond donors (Lipinski definition) is 3. The van der Waals surface area contributed by atoms with E-state index in [0.29, 0.717) is 30.3 Å². The monoisotopic (exact) mass is 408 g/mol. The van der Waals surface area contributed by atoms with Crippen LogP contribution in [0.2, 0.25) is 0 Å². The molecule has 0 radical (unpaired) electrons. The maximum atomic E-state index is 12.6. The molecule has 156 valence electrons. The van der Waals surface area contributed by atoms with Gasteiger partial charge in [0.1, 0.15) is 11.4 Å². The molecule has 0 unspecified atom stereocenters. The smallest absolute Gasteiger partial charge is 0.325 e. The molecule has 2 saturated carbocycles. The van der Waals surface area contributed by atoms with E-state index >= 15 is 0 Å². The number of hydrogen-bond acceptors (Lipinski definition) is 5. The molecule has 1 aromatic carbocycles. The summed E-state index contributed by atoms with van der Waals surface area (Å²) < 4.78 is 0. The van der Waals surface area contributed by atoms with Crippen LogP contribution in [0.5, 0.6) is 0 Å². The molecule has 1 saturated heterocycles. The van der Waals surface area contributed by atoms with Crippen LogP contribution in [0.4, 0.5) is 10.5 Å². The van der Waals surface area contributed by atoms with Gasteiger partial charge in [0.2, 0.25) is 5.91 Å². The van der Waals surface area contributed by atoms with Gasteiger partial charge < -0.3 is 10.6 Å². The standard InChI is InChI=1S/C21H24N6O3/c28-16(9-12-27-19(29)21(24-20(27)30)10-1-2-11-21)22-15-7-5-14(6-8-15)18-23-17(25-26-18)13-3-4-13/h5-8,13H,1-4,9-12H2,(H,22,28)(H,24,30)(H,23,25,26). The minimum atomic E-state index is -0.733. The second-order valence-electron chi connectivity index (χ2n) is 8.37. The molecule has 0 atom stereocenters. The Labute approximate surface area is 173 Å². The average molecular weight is 408 g/mol. The fourth-order valence-corrected chi connectivity index (χ4v) is 4.28. The third kappa shape index (κ3) is 3.44. The van der Waals surface area contributed by atoms with Crippen LogP contribution < -0.4 is 10.6 Å². The van der Waals surface area contributed by atoms with E-state index < -0.39 is 11.6 Å². The largest absolute Gasteiger partial charge is 0.326 e. The van der Waals surface area contributed by atoms with Gasteiger partial charge in [0, 0.05) is 30.1 Å². The molecule has 30 heavy (non-hydrogen) atoms. The number of aromatic nitrogens is 3. The molecule has 9 nitrogen and oxygen atoms in total. The predicted octanol–water partition coefficient (Wildman–Crippen LogP) is 2.54. The molecule has 5 rings (SSSR count). The van der Waals surface area contributed by atoms with E-state index in [2.05, 4.69) is 25.8 Å². The van der Waals surface area contributed by atoms with E-state index in [-0.39, 0.29) is 24.8 Å². The topological polar surface area (TPSA) is 120 Å². The first-order chi connectivity index (χ1) is 14.5. The number of imide groups is 1. The lowest BCUT2D eigenvalue weighted by molar-refractivity contribution is -0.131. The van der Waals surface area contributed by atoms with Crippen molar-refractivity contribution < 1.29 is 14.4 Å². The molecule has 1 aromatic heterocycles. The van der Waals surface area contributed by atoms with Gasteiger partial charge in [-0.05, 0) is 49.9 Å². The van der Waals surface area contributed by atoms with Gasteiger partial charge >= 0.3 is 6.03 Å². The summed E-state index contributed by atoms with van der Waals surface area (Å²) in [5.41, 5.74) is 0.784. The first-order valence-corrected chi connectivity index (χ1v) is 10.5. The lowest BCUT2D eigenvalue weighted by Crippen LogP contribution is -2.44. The molecule has 3 N–H and O–H groups in total. The van der Waals surface area contributed by atoms with E-state index in [1.165, 1.54) is 4.90 Å². The summed E-state index contributed by atoms with van der Waals surface area (Å²) in [7, 11) is 0. The van der Waals surface area contributed by atoms with E-state index in [4.69, 9.17) is 0 Å². The molecule has 2 aliphatic carbocycles. The van der Waals surface area contributed by atoms with E-state index in [1.54, 1.807) is 12.1 Å². The lowest BCUT2D eigenvalue weighted by atomic mass is 9.98. The number of benzene rings is 1. The molecular formula is C21H24N6O3. The van der Waals surface area contributed by atoms with Crippen LogP contribution in [0, 0.1) is 0 Å². The highest BCUT2D eigenvalue weighted by Gasteiger charge is 2.52. The predicted molar refractivity (Wildman–Crippen MR) is 108 cm³/mol. The Kier molecular flexibility index (Phi) is 4.52. The third-order valence-corrected chi connectivity index (χ3v) is 6.16. The van der Waals surface area contributed by atoms with E-state index in [0.717, 1.165) is 37.1 Å². The number of carbonyl (C=O) groups is 3. The molecule has 3 aliphatic rings. The Morgan fingerprint density at radius 2 is 1.90 bits per heavy atom. The molecular weight excluding hydrogens is 384 g/mol. The normalized spacial score (nSPS) is 20.1. The molecule has 2 aromatic rings. The van der Waals surface area contributed by atoms with Crippen LogP contribution in [-0.2, 0) is 9.59 Å². The van der Waals surface area contributed by atoms with Gasteiger partial charge in [-0.25, -0.2) is 9.78 Å². The second kappa shape index (κ2) is 7.23. The lowest BCUT2D eigenvalue weighted by Gasteiger charge is -2.19. The number of anilines is 1. The number of H-pyrrole nitrogens is 1. The van der Waals surface area contributed by atoms with Gasteiger partial charge in [-0.3, -0.25) is 19.6 Å². The van der Waals surface area contributed by atoms with Crippen molar-refractivity contribution in [3.63, 3.8) is 0 Å². The zero-order valence-electron chi connectivity index (χ0n) is 16.6. The van der Waals surface area contributed by atoms with Crippen LogP contribution in [0.15, 0.2) is 24.3 Å². The minimum absolute atomic E-state index is 0.0582. The van der Waals surface area contributed by atoms with E-state index in [1.807, 2.05) is 12.1 Å². The summed E-state index contributed by atoms with van der Waals surface area (Å²) in [4.78, 5) is 42.8. The molecule has 1 aliphatic heterocycles. The highest BCUT2D eigenvalue weighted by Crippen LogP contribution is 2.38. The number of carbonyl (C=O) groups excluding carboxylic acids is 3.